The Kier molecular flexibility index (Phi) is 5.02. The summed E-state index contributed by atoms with van der Waals surface area (Å²) in [5.74, 6) is 0.610. The molecule has 0 fully saturated rings. The second-order valence-corrected chi connectivity index (χ2v) is 7.18. The Balaban J connectivity index is 1.86. The molecule has 9 heteroatoms. The maximum absolute atomic E-state index is 12.3. The van der Waals surface area contributed by atoms with Gasteiger partial charge in [0.1, 0.15) is 22.5 Å². The van der Waals surface area contributed by atoms with Crippen LogP contribution in [0.1, 0.15) is 5.56 Å². The number of sulfonamides is 1. The summed E-state index contributed by atoms with van der Waals surface area (Å²) in [4.78, 5) is 7.70. The number of hydrogen-bond acceptors (Lipinski definition) is 6. The van der Waals surface area contributed by atoms with E-state index in [9.17, 15) is 13.7 Å². The van der Waals surface area contributed by atoms with Crippen molar-refractivity contribution in [2.75, 3.05) is 4.72 Å². The highest BCUT2D eigenvalue weighted by Crippen LogP contribution is 2.29. The van der Waals surface area contributed by atoms with E-state index < -0.39 is 10.0 Å². The monoisotopic (exact) mass is 386 g/mol. The minimum atomic E-state index is -3.81. The third-order valence-corrected chi connectivity index (χ3v) is 4.78. The van der Waals surface area contributed by atoms with E-state index in [-0.39, 0.29) is 21.9 Å². The van der Waals surface area contributed by atoms with Crippen molar-refractivity contribution in [3.8, 4) is 17.6 Å². The van der Waals surface area contributed by atoms with Gasteiger partial charge in [0, 0.05) is 24.7 Å². The predicted molar refractivity (Wildman–Crippen MR) is 95.5 cm³/mol. The zero-order valence-corrected chi connectivity index (χ0v) is 14.7. The molecule has 1 N–H and O–H groups in total. The van der Waals surface area contributed by atoms with E-state index >= 15 is 0 Å². The molecule has 2 heterocycles. The summed E-state index contributed by atoms with van der Waals surface area (Å²) >= 11 is 5.85. The van der Waals surface area contributed by atoms with Crippen LogP contribution in [0.3, 0.4) is 0 Å². The molecule has 26 heavy (non-hydrogen) atoms. The van der Waals surface area contributed by atoms with Crippen LogP contribution in [0.5, 0.6) is 11.5 Å². The normalized spacial score (nSPS) is 10.8. The van der Waals surface area contributed by atoms with Gasteiger partial charge < -0.3 is 4.74 Å². The minimum Gasteiger partial charge on any atom is -0.454 e. The van der Waals surface area contributed by atoms with Crippen molar-refractivity contribution in [1.29, 1.82) is 5.26 Å². The summed E-state index contributed by atoms with van der Waals surface area (Å²) in [7, 11) is -3.81. The van der Waals surface area contributed by atoms with Crippen molar-refractivity contribution in [3.63, 3.8) is 0 Å². The first-order valence-corrected chi connectivity index (χ1v) is 9.09. The molecule has 0 unspecified atom stereocenters. The lowest BCUT2D eigenvalue weighted by atomic mass is 10.2. The fourth-order valence-corrected chi connectivity index (χ4v) is 3.24. The zero-order chi connectivity index (χ0) is 18.6. The van der Waals surface area contributed by atoms with Crippen LogP contribution in [0.2, 0.25) is 5.02 Å². The van der Waals surface area contributed by atoms with Gasteiger partial charge >= 0.3 is 0 Å². The molecule has 0 saturated heterocycles. The number of nitrogens with zero attached hydrogens (tertiary/aromatic N) is 3. The summed E-state index contributed by atoms with van der Waals surface area (Å²) in [6.45, 7) is 0. The lowest BCUT2D eigenvalue weighted by molar-refractivity contribution is 0.479. The van der Waals surface area contributed by atoms with E-state index in [4.69, 9.17) is 16.3 Å². The molecule has 2 aromatic heterocycles. The summed E-state index contributed by atoms with van der Waals surface area (Å²) < 4.78 is 32.6. The van der Waals surface area contributed by atoms with Gasteiger partial charge in [-0.2, -0.15) is 5.26 Å². The Hall–Kier alpha value is -3.15. The molecule has 0 aliphatic heterocycles. The SMILES string of the molecule is N#Cc1cc(NS(=O)(=O)c2cccnc2)ccc1Oc1cncc(Cl)c1. The molecule has 3 aromatic rings. The number of hydrogen-bond donors (Lipinski definition) is 1. The fraction of sp³-hybridized carbons (Fsp3) is 0. The van der Waals surface area contributed by atoms with E-state index in [2.05, 4.69) is 14.7 Å². The highest BCUT2D eigenvalue weighted by molar-refractivity contribution is 7.92. The van der Waals surface area contributed by atoms with Crippen LogP contribution >= 0.6 is 11.6 Å². The van der Waals surface area contributed by atoms with Crippen LogP contribution in [-0.4, -0.2) is 18.4 Å². The number of halogens is 1. The topological polar surface area (TPSA) is 105 Å². The van der Waals surface area contributed by atoms with Crippen LogP contribution in [0.25, 0.3) is 0 Å². The highest BCUT2D eigenvalue weighted by Gasteiger charge is 2.15. The summed E-state index contributed by atoms with van der Waals surface area (Å²) in [6.07, 6.45) is 5.61. The van der Waals surface area contributed by atoms with Crippen LogP contribution in [-0.2, 0) is 10.0 Å². The van der Waals surface area contributed by atoms with Gasteiger partial charge in [0.2, 0.25) is 0 Å². The van der Waals surface area contributed by atoms with Crippen LogP contribution in [0.4, 0.5) is 5.69 Å². The molecule has 0 aliphatic carbocycles. The van der Waals surface area contributed by atoms with Crippen molar-refractivity contribution in [1.82, 2.24) is 9.97 Å². The molecule has 1 aromatic carbocycles. The lowest BCUT2D eigenvalue weighted by Gasteiger charge is -2.11. The Morgan fingerprint density at radius 1 is 1.12 bits per heavy atom. The minimum absolute atomic E-state index is 0.0174. The molecule has 0 spiro atoms. The average Bonchev–Trinajstić information content (AvgIpc) is 2.63. The number of anilines is 1. The summed E-state index contributed by atoms with van der Waals surface area (Å²) in [6, 6.07) is 10.8. The molecule has 0 amide bonds. The van der Waals surface area contributed by atoms with Crippen molar-refractivity contribution in [3.05, 3.63) is 71.8 Å². The molecule has 0 radical (unpaired) electrons. The average molecular weight is 387 g/mol. The molecule has 0 atom stereocenters. The standard InChI is InChI=1S/C17H11ClN4O3S/c18-13-7-15(10-21-9-13)25-17-4-3-14(6-12(17)8-19)22-26(23,24)16-2-1-5-20-11-16/h1-7,9-11,22H. The van der Waals surface area contributed by atoms with Gasteiger partial charge in [-0.25, -0.2) is 8.42 Å². The number of benzene rings is 1. The quantitative estimate of drug-likeness (QED) is 0.718. The van der Waals surface area contributed by atoms with Gasteiger partial charge in [0.05, 0.1) is 22.5 Å². The first-order valence-electron chi connectivity index (χ1n) is 7.23. The number of rotatable bonds is 5. The maximum Gasteiger partial charge on any atom is 0.263 e. The van der Waals surface area contributed by atoms with E-state index in [1.165, 1.54) is 55.1 Å². The van der Waals surface area contributed by atoms with Crippen LogP contribution < -0.4 is 9.46 Å². The molecule has 3 rings (SSSR count). The number of nitriles is 1. The molecular weight excluding hydrogens is 376 g/mol. The largest absolute Gasteiger partial charge is 0.454 e. The van der Waals surface area contributed by atoms with E-state index in [0.29, 0.717) is 10.8 Å². The van der Waals surface area contributed by atoms with Crippen LogP contribution in [0, 0.1) is 11.3 Å². The predicted octanol–water partition coefficient (Wildman–Crippen LogP) is 3.59. The molecule has 0 aliphatic rings. The third kappa shape index (κ3) is 4.08. The highest BCUT2D eigenvalue weighted by atomic mass is 35.5. The second-order valence-electron chi connectivity index (χ2n) is 5.06. The number of ether oxygens (including phenoxy) is 1. The molecule has 130 valence electrons. The second kappa shape index (κ2) is 7.39. The molecule has 7 nitrogen and oxygen atoms in total. The van der Waals surface area contributed by atoms with Gasteiger partial charge in [0.15, 0.2) is 0 Å². The van der Waals surface area contributed by atoms with Gasteiger partial charge in [-0.1, -0.05) is 11.6 Å². The molecule has 0 saturated carbocycles. The lowest BCUT2D eigenvalue weighted by Crippen LogP contribution is -2.13. The van der Waals surface area contributed by atoms with Crippen molar-refractivity contribution in [2.24, 2.45) is 0 Å². The zero-order valence-electron chi connectivity index (χ0n) is 13.1. The maximum atomic E-state index is 12.3. The Morgan fingerprint density at radius 2 is 1.96 bits per heavy atom. The summed E-state index contributed by atoms with van der Waals surface area (Å²) in [5.41, 5.74) is 0.373. The van der Waals surface area contributed by atoms with E-state index in [1.807, 2.05) is 6.07 Å². The Bertz CT molecular complexity index is 1080. The first kappa shape index (κ1) is 17.7. The number of aromatic nitrogens is 2. The van der Waals surface area contributed by atoms with Gasteiger partial charge in [-0.15, -0.1) is 0 Å². The number of nitrogens with one attached hydrogen (secondary N) is 1. The Morgan fingerprint density at radius 3 is 2.65 bits per heavy atom. The number of pyridine rings is 2. The fourth-order valence-electron chi connectivity index (χ4n) is 2.07. The molecule has 0 bridgehead atoms. The third-order valence-electron chi connectivity index (χ3n) is 3.20. The Labute approximate surface area is 154 Å². The van der Waals surface area contributed by atoms with E-state index in [1.54, 1.807) is 6.07 Å². The van der Waals surface area contributed by atoms with Crippen LogP contribution in [0.15, 0.2) is 66.1 Å². The smallest absolute Gasteiger partial charge is 0.263 e. The molecular formula is C17H11ClN4O3S. The summed E-state index contributed by atoms with van der Waals surface area (Å²) in [5, 5.41) is 9.72. The van der Waals surface area contributed by atoms with Gasteiger partial charge in [0.25, 0.3) is 10.0 Å². The first-order chi connectivity index (χ1) is 12.5. The van der Waals surface area contributed by atoms with Crippen molar-refractivity contribution < 1.29 is 13.2 Å². The van der Waals surface area contributed by atoms with E-state index in [0.717, 1.165) is 0 Å². The van der Waals surface area contributed by atoms with Gasteiger partial charge in [-0.3, -0.25) is 14.7 Å². The van der Waals surface area contributed by atoms with Crippen molar-refractivity contribution >= 4 is 27.3 Å². The van der Waals surface area contributed by atoms with Gasteiger partial charge in [-0.05, 0) is 30.3 Å². The van der Waals surface area contributed by atoms with Crippen molar-refractivity contribution in [2.45, 2.75) is 4.90 Å².